The Morgan fingerprint density at radius 3 is 2.92 bits per heavy atom. The first-order chi connectivity index (χ1) is 6.27. The highest BCUT2D eigenvalue weighted by Gasteiger charge is 1.99. The maximum Gasteiger partial charge on any atom is 0.128 e. The van der Waals surface area contributed by atoms with E-state index in [0.717, 1.165) is 0 Å². The maximum atomic E-state index is 12.8. The van der Waals surface area contributed by atoms with E-state index in [1.54, 1.807) is 12.1 Å². The molecule has 0 saturated carbocycles. The number of aliphatic hydroxyl groups excluding tert-OH is 1. The summed E-state index contributed by atoms with van der Waals surface area (Å²) in [4.78, 5) is 0. The van der Waals surface area contributed by atoms with E-state index in [2.05, 4.69) is 0 Å². The van der Waals surface area contributed by atoms with E-state index in [1.165, 1.54) is 18.2 Å². The minimum Gasteiger partial charge on any atom is -0.392 e. The Morgan fingerprint density at radius 2 is 2.31 bits per heavy atom. The van der Waals surface area contributed by atoms with Gasteiger partial charge in [0.05, 0.1) is 12.7 Å². The Morgan fingerprint density at radius 1 is 1.54 bits per heavy atom. The zero-order valence-electron chi connectivity index (χ0n) is 6.87. The highest BCUT2D eigenvalue weighted by Crippen LogP contribution is 2.11. The molecule has 0 aliphatic rings. The molecule has 0 unspecified atom stereocenters. The second-order valence-corrected chi connectivity index (χ2v) is 2.47. The van der Waals surface area contributed by atoms with Gasteiger partial charge in [-0.15, -0.1) is 0 Å². The second-order valence-electron chi connectivity index (χ2n) is 2.47. The topological polar surface area (TPSA) is 44.0 Å². The minimum absolute atomic E-state index is 0.236. The van der Waals surface area contributed by atoms with Gasteiger partial charge >= 0.3 is 0 Å². The van der Waals surface area contributed by atoms with Gasteiger partial charge in [0.15, 0.2) is 0 Å². The van der Waals surface area contributed by atoms with Crippen molar-refractivity contribution < 1.29 is 9.50 Å². The molecule has 13 heavy (non-hydrogen) atoms. The van der Waals surface area contributed by atoms with Gasteiger partial charge in [0.1, 0.15) is 5.82 Å². The van der Waals surface area contributed by atoms with E-state index in [-0.39, 0.29) is 12.2 Å². The van der Waals surface area contributed by atoms with Crippen molar-refractivity contribution in [2.75, 3.05) is 0 Å². The fraction of sp³-hybridized carbons (Fsp3) is 0.100. The molecule has 0 heterocycles. The van der Waals surface area contributed by atoms with E-state index in [9.17, 15) is 4.39 Å². The van der Waals surface area contributed by atoms with Gasteiger partial charge in [-0.05, 0) is 23.8 Å². The van der Waals surface area contributed by atoms with Crippen LogP contribution in [0.5, 0.6) is 0 Å². The van der Waals surface area contributed by atoms with E-state index < -0.39 is 5.82 Å². The van der Waals surface area contributed by atoms with Gasteiger partial charge < -0.3 is 5.11 Å². The number of hydrogen-bond donors (Lipinski definition) is 1. The monoisotopic (exact) mass is 177 g/mol. The molecule has 66 valence electrons. The molecule has 0 saturated heterocycles. The van der Waals surface area contributed by atoms with Crippen LogP contribution >= 0.6 is 0 Å². The van der Waals surface area contributed by atoms with Crippen LogP contribution < -0.4 is 0 Å². The van der Waals surface area contributed by atoms with E-state index in [0.29, 0.717) is 5.56 Å². The fourth-order valence-electron chi connectivity index (χ4n) is 0.953. The summed E-state index contributed by atoms with van der Waals surface area (Å²) in [5, 5.41) is 17.0. The predicted molar refractivity (Wildman–Crippen MR) is 47.0 cm³/mol. The summed E-state index contributed by atoms with van der Waals surface area (Å²) >= 11 is 0. The summed E-state index contributed by atoms with van der Waals surface area (Å²) in [6.45, 7) is -0.333. The van der Waals surface area contributed by atoms with Crippen LogP contribution in [-0.4, -0.2) is 5.11 Å². The summed E-state index contributed by atoms with van der Waals surface area (Å²) in [6.07, 6.45) is 2.85. The molecule has 1 N–H and O–H groups in total. The van der Waals surface area contributed by atoms with Crippen molar-refractivity contribution in [2.24, 2.45) is 0 Å². The van der Waals surface area contributed by atoms with Crippen LogP contribution in [0.2, 0.25) is 0 Å². The largest absolute Gasteiger partial charge is 0.392 e. The number of hydrogen-bond acceptors (Lipinski definition) is 2. The molecule has 1 rings (SSSR count). The quantitative estimate of drug-likeness (QED) is 0.700. The van der Waals surface area contributed by atoms with Gasteiger partial charge in [0.2, 0.25) is 0 Å². The molecular formula is C10H8FNO. The van der Waals surface area contributed by atoms with Crippen LogP contribution in [0.25, 0.3) is 6.08 Å². The summed E-state index contributed by atoms with van der Waals surface area (Å²) in [5.74, 6) is -0.434. The summed E-state index contributed by atoms with van der Waals surface area (Å²) in [6, 6.07) is 6.15. The van der Waals surface area contributed by atoms with Crippen LogP contribution in [0.3, 0.4) is 0 Å². The SMILES string of the molecule is N#CC=Cc1ccc(F)c(CO)c1. The molecule has 0 amide bonds. The Balaban J connectivity index is 3.01. The third kappa shape index (κ3) is 2.39. The number of nitrogens with zero attached hydrogens (tertiary/aromatic N) is 1. The first-order valence-electron chi connectivity index (χ1n) is 3.73. The van der Waals surface area contributed by atoms with Gasteiger partial charge in [0, 0.05) is 11.6 Å². The van der Waals surface area contributed by atoms with Crippen molar-refractivity contribution >= 4 is 6.08 Å². The predicted octanol–water partition coefficient (Wildman–Crippen LogP) is 1.85. The van der Waals surface area contributed by atoms with Crippen molar-refractivity contribution in [2.45, 2.75) is 6.61 Å². The second kappa shape index (κ2) is 4.39. The molecule has 0 radical (unpaired) electrons. The number of benzene rings is 1. The summed E-state index contributed by atoms with van der Waals surface area (Å²) < 4.78 is 12.8. The molecule has 1 aromatic carbocycles. The van der Waals surface area contributed by atoms with Crippen molar-refractivity contribution in [1.29, 1.82) is 5.26 Å². The van der Waals surface area contributed by atoms with Crippen LogP contribution in [0, 0.1) is 17.1 Å². The van der Waals surface area contributed by atoms with Crippen molar-refractivity contribution in [1.82, 2.24) is 0 Å². The van der Waals surface area contributed by atoms with Crippen LogP contribution in [0.4, 0.5) is 4.39 Å². The van der Waals surface area contributed by atoms with Crippen LogP contribution in [0.15, 0.2) is 24.3 Å². The third-order valence-electron chi connectivity index (χ3n) is 1.59. The highest BCUT2D eigenvalue weighted by atomic mass is 19.1. The molecule has 0 spiro atoms. The highest BCUT2D eigenvalue weighted by molar-refractivity contribution is 5.52. The smallest absolute Gasteiger partial charge is 0.128 e. The van der Waals surface area contributed by atoms with Gasteiger partial charge in [-0.3, -0.25) is 0 Å². The fourth-order valence-corrected chi connectivity index (χ4v) is 0.953. The average Bonchev–Trinajstić information content (AvgIpc) is 2.16. The number of nitriles is 1. The van der Waals surface area contributed by atoms with E-state index >= 15 is 0 Å². The molecule has 0 aliphatic heterocycles. The lowest BCUT2D eigenvalue weighted by Gasteiger charge is -1.99. The van der Waals surface area contributed by atoms with E-state index in [1.807, 2.05) is 6.07 Å². The van der Waals surface area contributed by atoms with Crippen molar-refractivity contribution in [3.8, 4) is 6.07 Å². The lowest BCUT2D eigenvalue weighted by atomic mass is 10.1. The zero-order chi connectivity index (χ0) is 9.68. The molecule has 0 bridgehead atoms. The van der Waals surface area contributed by atoms with E-state index in [4.69, 9.17) is 10.4 Å². The molecule has 0 atom stereocenters. The number of halogens is 1. The molecular weight excluding hydrogens is 169 g/mol. The number of aliphatic hydroxyl groups is 1. The third-order valence-corrected chi connectivity index (χ3v) is 1.59. The lowest BCUT2D eigenvalue weighted by Crippen LogP contribution is -1.89. The van der Waals surface area contributed by atoms with Gasteiger partial charge in [-0.2, -0.15) is 5.26 Å². The first-order valence-corrected chi connectivity index (χ1v) is 3.73. The molecule has 0 aromatic heterocycles. The van der Waals surface area contributed by atoms with Crippen LogP contribution in [0.1, 0.15) is 11.1 Å². The van der Waals surface area contributed by atoms with Gasteiger partial charge in [-0.1, -0.05) is 6.07 Å². The first kappa shape index (κ1) is 9.43. The van der Waals surface area contributed by atoms with Gasteiger partial charge in [0.25, 0.3) is 0 Å². The molecule has 1 aromatic rings. The maximum absolute atomic E-state index is 12.8. The molecule has 0 aliphatic carbocycles. The van der Waals surface area contributed by atoms with Gasteiger partial charge in [-0.25, -0.2) is 4.39 Å². The Kier molecular flexibility index (Phi) is 3.18. The normalized spacial score (nSPS) is 10.2. The molecule has 3 heteroatoms. The van der Waals surface area contributed by atoms with Crippen molar-refractivity contribution in [3.05, 3.63) is 41.2 Å². The van der Waals surface area contributed by atoms with Crippen LogP contribution in [-0.2, 0) is 6.61 Å². The number of rotatable bonds is 2. The molecule has 0 fully saturated rings. The number of allylic oxidation sites excluding steroid dienone is 1. The standard InChI is InChI=1S/C10H8FNO/c11-10-4-3-8(2-1-5-12)6-9(10)7-13/h1-4,6,13H,7H2. The Hall–Kier alpha value is -1.66. The average molecular weight is 177 g/mol. The Labute approximate surface area is 75.6 Å². The minimum atomic E-state index is -0.434. The lowest BCUT2D eigenvalue weighted by molar-refractivity contribution is 0.275. The summed E-state index contributed by atoms with van der Waals surface area (Å²) in [7, 11) is 0. The zero-order valence-corrected chi connectivity index (χ0v) is 6.87. The van der Waals surface area contributed by atoms with Crippen molar-refractivity contribution in [3.63, 3.8) is 0 Å². The molecule has 2 nitrogen and oxygen atoms in total. The summed E-state index contributed by atoms with van der Waals surface area (Å²) in [5.41, 5.74) is 0.937. The Bertz CT molecular complexity index is 366.